The standard InChI is InChI=1S/C13H12F4O/c1-2-3-4-5-12(18)9-6-7-11(14)10(8-9)13(15,16)17/h2,6-8H,1,3-5H2. The van der Waals surface area contributed by atoms with Crippen molar-refractivity contribution in [1.82, 2.24) is 0 Å². The van der Waals surface area contributed by atoms with E-state index in [-0.39, 0.29) is 12.0 Å². The molecular formula is C13H12F4O. The number of carbonyl (C=O) groups is 1. The molecule has 0 amide bonds. The van der Waals surface area contributed by atoms with Gasteiger partial charge in [-0.3, -0.25) is 4.79 Å². The maximum atomic E-state index is 13.0. The molecule has 18 heavy (non-hydrogen) atoms. The van der Waals surface area contributed by atoms with E-state index in [0.717, 1.165) is 6.07 Å². The number of Topliss-reactive ketones (excluding diaryl/α,β-unsaturated/α-hetero) is 1. The minimum absolute atomic E-state index is 0.118. The molecule has 0 saturated carbocycles. The number of hydrogen-bond donors (Lipinski definition) is 0. The van der Waals surface area contributed by atoms with E-state index in [1.807, 2.05) is 0 Å². The number of hydrogen-bond acceptors (Lipinski definition) is 1. The molecule has 0 spiro atoms. The molecule has 0 fully saturated rings. The first-order valence-electron chi connectivity index (χ1n) is 5.37. The Morgan fingerprint density at radius 3 is 2.56 bits per heavy atom. The SMILES string of the molecule is C=CCCCC(=O)c1ccc(F)c(C(F)(F)F)c1. The van der Waals surface area contributed by atoms with Crippen molar-refractivity contribution in [3.05, 3.63) is 47.8 Å². The maximum Gasteiger partial charge on any atom is 0.419 e. The Balaban J connectivity index is 2.91. The lowest BCUT2D eigenvalue weighted by atomic mass is 10.0. The normalized spacial score (nSPS) is 11.3. The van der Waals surface area contributed by atoms with Gasteiger partial charge < -0.3 is 0 Å². The second-order valence-corrected chi connectivity index (χ2v) is 3.80. The Morgan fingerprint density at radius 2 is 2.00 bits per heavy atom. The van der Waals surface area contributed by atoms with Crippen molar-refractivity contribution in [3.63, 3.8) is 0 Å². The van der Waals surface area contributed by atoms with Gasteiger partial charge in [-0.15, -0.1) is 6.58 Å². The molecule has 5 heteroatoms. The summed E-state index contributed by atoms with van der Waals surface area (Å²) in [5.74, 6) is -1.80. The summed E-state index contributed by atoms with van der Waals surface area (Å²) in [7, 11) is 0. The van der Waals surface area contributed by atoms with Gasteiger partial charge in [0.15, 0.2) is 5.78 Å². The van der Waals surface area contributed by atoms with Gasteiger partial charge >= 0.3 is 6.18 Å². The van der Waals surface area contributed by atoms with Gasteiger partial charge in [0.2, 0.25) is 0 Å². The molecule has 0 saturated heterocycles. The largest absolute Gasteiger partial charge is 0.419 e. The van der Waals surface area contributed by atoms with Gasteiger partial charge in [0.25, 0.3) is 0 Å². The Hall–Kier alpha value is -1.65. The zero-order valence-corrected chi connectivity index (χ0v) is 9.56. The highest BCUT2D eigenvalue weighted by Gasteiger charge is 2.34. The van der Waals surface area contributed by atoms with Gasteiger partial charge in [0.05, 0.1) is 5.56 Å². The number of benzene rings is 1. The summed E-state index contributed by atoms with van der Waals surface area (Å²) < 4.78 is 50.3. The molecule has 1 rings (SSSR count). The second kappa shape index (κ2) is 5.80. The number of carbonyl (C=O) groups excluding carboxylic acids is 1. The molecular weight excluding hydrogens is 248 g/mol. The van der Waals surface area contributed by atoms with Crippen LogP contribution in [0, 0.1) is 5.82 Å². The third kappa shape index (κ3) is 3.68. The summed E-state index contributed by atoms with van der Waals surface area (Å²) in [6, 6.07) is 2.30. The molecule has 0 radical (unpaired) electrons. The fraction of sp³-hybridized carbons (Fsp3) is 0.308. The van der Waals surface area contributed by atoms with Crippen molar-refractivity contribution in [2.45, 2.75) is 25.4 Å². The van der Waals surface area contributed by atoms with E-state index in [4.69, 9.17) is 0 Å². The Kier molecular flexibility index (Phi) is 4.64. The predicted molar refractivity (Wildman–Crippen MR) is 59.8 cm³/mol. The van der Waals surface area contributed by atoms with Crippen LogP contribution in [0.2, 0.25) is 0 Å². The number of rotatable bonds is 5. The molecule has 0 aliphatic rings. The number of halogens is 4. The maximum absolute atomic E-state index is 13.0. The lowest BCUT2D eigenvalue weighted by Crippen LogP contribution is -2.10. The summed E-state index contributed by atoms with van der Waals surface area (Å²) in [6.45, 7) is 3.48. The topological polar surface area (TPSA) is 17.1 Å². The van der Waals surface area contributed by atoms with Gasteiger partial charge in [0, 0.05) is 12.0 Å². The molecule has 0 aliphatic heterocycles. The number of allylic oxidation sites excluding steroid dienone is 1. The number of alkyl halides is 3. The third-order valence-corrected chi connectivity index (χ3v) is 2.41. The summed E-state index contributed by atoms with van der Waals surface area (Å²) in [6.07, 6.45) is -1.92. The van der Waals surface area contributed by atoms with Crippen LogP contribution in [0.4, 0.5) is 17.6 Å². The van der Waals surface area contributed by atoms with Crippen molar-refractivity contribution in [1.29, 1.82) is 0 Å². The van der Waals surface area contributed by atoms with E-state index in [9.17, 15) is 22.4 Å². The van der Waals surface area contributed by atoms with Crippen molar-refractivity contribution in [3.8, 4) is 0 Å². The smallest absolute Gasteiger partial charge is 0.294 e. The summed E-state index contributed by atoms with van der Waals surface area (Å²) >= 11 is 0. The number of unbranched alkanes of at least 4 members (excludes halogenated alkanes) is 1. The summed E-state index contributed by atoms with van der Waals surface area (Å²) in [5, 5.41) is 0. The van der Waals surface area contributed by atoms with Crippen LogP contribution in [0.1, 0.15) is 35.2 Å². The van der Waals surface area contributed by atoms with Gasteiger partial charge in [-0.25, -0.2) is 4.39 Å². The van der Waals surface area contributed by atoms with Crippen molar-refractivity contribution < 1.29 is 22.4 Å². The molecule has 0 aliphatic carbocycles. The lowest BCUT2D eigenvalue weighted by Gasteiger charge is -2.09. The van der Waals surface area contributed by atoms with Crippen LogP contribution in [0.25, 0.3) is 0 Å². The average Bonchev–Trinajstić information content (AvgIpc) is 2.28. The van der Waals surface area contributed by atoms with Crippen LogP contribution in [0.15, 0.2) is 30.9 Å². The fourth-order valence-corrected chi connectivity index (χ4v) is 1.47. The zero-order valence-electron chi connectivity index (χ0n) is 9.56. The molecule has 1 aromatic rings. The van der Waals surface area contributed by atoms with Crippen LogP contribution in [-0.2, 0) is 6.18 Å². The zero-order chi connectivity index (χ0) is 13.8. The average molecular weight is 260 g/mol. The quantitative estimate of drug-likeness (QED) is 0.332. The van der Waals surface area contributed by atoms with E-state index in [0.29, 0.717) is 25.0 Å². The first kappa shape index (κ1) is 14.4. The third-order valence-electron chi connectivity index (χ3n) is 2.41. The molecule has 98 valence electrons. The minimum Gasteiger partial charge on any atom is -0.294 e. The molecule has 0 N–H and O–H groups in total. The molecule has 0 atom stereocenters. The summed E-state index contributed by atoms with van der Waals surface area (Å²) in [4.78, 5) is 11.6. The van der Waals surface area contributed by atoms with Crippen LogP contribution in [0.3, 0.4) is 0 Å². The Labute approximate surface area is 102 Å². The van der Waals surface area contributed by atoms with Gasteiger partial charge in [-0.05, 0) is 31.0 Å². The van der Waals surface area contributed by atoms with E-state index in [1.165, 1.54) is 0 Å². The predicted octanol–water partition coefficient (Wildman–Crippen LogP) is 4.38. The van der Waals surface area contributed by atoms with Crippen LogP contribution in [-0.4, -0.2) is 5.78 Å². The number of ketones is 1. The molecule has 1 nitrogen and oxygen atoms in total. The van der Waals surface area contributed by atoms with Gasteiger partial charge in [-0.1, -0.05) is 6.08 Å². The molecule has 0 aromatic heterocycles. The molecule has 0 bridgehead atoms. The summed E-state index contributed by atoms with van der Waals surface area (Å²) in [5.41, 5.74) is -1.52. The fourth-order valence-electron chi connectivity index (χ4n) is 1.47. The van der Waals surface area contributed by atoms with Gasteiger partial charge in [-0.2, -0.15) is 13.2 Å². The highest BCUT2D eigenvalue weighted by Crippen LogP contribution is 2.32. The van der Waals surface area contributed by atoms with Crippen molar-refractivity contribution in [2.24, 2.45) is 0 Å². The van der Waals surface area contributed by atoms with Crippen LogP contribution < -0.4 is 0 Å². The molecule has 1 aromatic carbocycles. The molecule has 0 heterocycles. The van der Waals surface area contributed by atoms with Gasteiger partial charge in [0.1, 0.15) is 5.82 Å². The van der Waals surface area contributed by atoms with E-state index in [1.54, 1.807) is 6.08 Å². The van der Waals surface area contributed by atoms with Crippen molar-refractivity contribution >= 4 is 5.78 Å². The first-order chi connectivity index (χ1) is 8.36. The van der Waals surface area contributed by atoms with E-state index in [2.05, 4.69) is 6.58 Å². The van der Waals surface area contributed by atoms with E-state index < -0.39 is 23.3 Å². The Morgan fingerprint density at radius 1 is 1.33 bits per heavy atom. The second-order valence-electron chi connectivity index (χ2n) is 3.80. The molecule has 0 unspecified atom stereocenters. The van der Waals surface area contributed by atoms with Crippen molar-refractivity contribution in [2.75, 3.05) is 0 Å². The monoisotopic (exact) mass is 260 g/mol. The first-order valence-corrected chi connectivity index (χ1v) is 5.37. The van der Waals surface area contributed by atoms with Crippen LogP contribution >= 0.6 is 0 Å². The van der Waals surface area contributed by atoms with E-state index >= 15 is 0 Å². The Bertz CT molecular complexity index is 449. The minimum atomic E-state index is -4.79. The van der Waals surface area contributed by atoms with Crippen LogP contribution in [0.5, 0.6) is 0 Å². The lowest BCUT2D eigenvalue weighted by molar-refractivity contribution is -0.140. The highest BCUT2D eigenvalue weighted by atomic mass is 19.4. The highest BCUT2D eigenvalue weighted by molar-refractivity contribution is 5.96.